The van der Waals surface area contributed by atoms with Crippen LogP contribution in [-0.4, -0.2) is 9.91 Å². The fourth-order valence-corrected chi connectivity index (χ4v) is 3.17. The van der Waals surface area contributed by atoms with Crippen LogP contribution in [0.3, 0.4) is 0 Å². The molecule has 4 heteroatoms. The van der Waals surface area contributed by atoms with Gasteiger partial charge in [-0.3, -0.25) is 10.1 Å². The molecule has 0 saturated carbocycles. The Hall–Kier alpha value is -2.88. The van der Waals surface area contributed by atoms with E-state index in [1.54, 1.807) is 6.08 Å². The standard InChI is InChI=1S/C20H20N2O2/c1-13-7-8-14(2)17(11-13)12-16-5-4-6-19-20(16)18(15(3)21-19)9-10-22(23)24/h4-11,21H,12H2,1-3H3. The number of nitro groups is 1. The molecule has 0 aliphatic heterocycles. The third-order valence-electron chi connectivity index (χ3n) is 4.39. The highest BCUT2D eigenvalue weighted by Gasteiger charge is 2.12. The smallest absolute Gasteiger partial charge is 0.235 e. The molecule has 0 radical (unpaired) electrons. The molecule has 0 spiro atoms. The van der Waals surface area contributed by atoms with Gasteiger partial charge in [0.1, 0.15) is 0 Å². The minimum atomic E-state index is -0.425. The Labute approximate surface area is 141 Å². The maximum absolute atomic E-state index is 10.7. The van der Waals surface area contributed by atoms with Gasteiger partial charge >= 0.3 is 0 Å². The van der Waals surface area contributed by atoms with Gasteiger partial charge in [-0.15, -0.1) is 0 Å². The molecule has 0 atom stereocenters. The van der Waals surface area contributed by atoms with Crippen LogP contribution in [0.15, 0.2) is 42.6 Å². The summed E-state index contributed by atoms with van der Waals surface area (Å²) < 4.78 is 0. The van der Waals surface area contributed by atoms with E-state index in [1.807, 2.05) is 19.1 Å². The minimum absolute atomic E-state index is 0.425. The average Bonchev–Trinajstić information content (AvgIpc) is 2.85. The molecule has 0 fully saturated rings. The fourth-order valence-electron chi connectivity index (χ4n) is 3.17. The molecular formula is C20H20N2O2. The molecule has 0 amide bonds. The lowest BCUT2D eigenvalue weighted by Crippen LogP contribution is -1.94. The predicted molar refractivity (Wildman–Crippen MR) is 97.8 cm³/mol. The molecule has 1 N–H and O–H groups in total. The van der Waals surface area contributed by atoms with Crippen molar-refractivity contribution in [2.45, 2.75) is 27.2 Å². The van der Waals surface area contributed by atoms with E-state index >= 15 is 0 Å². The molecule has 3 aromatic rings. The van der Waals surface area contributed by atoms with Crippen LogP contribution in [0, 0.1) is 30.9 Å². The van der Waals surface area contributed by atoms with Crippen molar-refractivity contribution in [2.75, 3.05) is 0 Å². The third kappa shape index (κ3) is 3.08. The first kappa shape index (κ1) is 16.0. The zero-order chi connectivity index (χ0) is 17.3. The highest BCUT2D eigenvalue weighted by molar-refractivity contribution is 5.93. The number of aromatic nitrogens is 1. The van der Waals surface area contributed by atoms with Gasteiger partial charge in [-0.1, -0.05) is 35.9 Å². The van der Waals surface area contributed by atoms with Crippen LogP contribution in [0.5, 0.6) is 0 Å². The lowest BCUT2D eigenvalue weighted by atomic mass is 9.95. The summed E-state index contributed by atoms with van der Waals surface area (Å²) in [5.74, 6) is 0. The summed E-state index contributed by atoms with van der Waals surface area (Å²) in [5, 5.41) is 11.8. The van der Waals surface area contributed by atoms with Crippen LogP contribution >= 0.6 is 0 Å². The zero-order valence-electron chi connectivity index (χ0n) is 14.1. The van der Waals surface area contributed by atoms with Crippen molar-refractivity contribution < 1.29 is 4.92 Å². The highest BCUT2D eigenvalue weighted by Crippen LogP contribution is 2.29. The predicted octanol–water partition coefficient (Wildman–Crippen LogP) is 4.93. The lowest BCUT2D eigenvalue weighted by Gasteiger charge is -2.09. The Morgan fingerprint density at radius 3 is 2.67 bits per heavy atom. The molecule has 3 rings (SSSR count). The SMILES string of the molecule is Cc1ccc(C)c(Cc2cccc3[nH]c(C)c(C=C[N+](=O)[O-])c23)c1. The summed E-state index contributed by atoms with van der Waals surface area (Å²) in [7, 11) is 0. The fraction of sp³-hybridized carbons (Fsp3) is 0.200. The van der Waals surface area contributed by atoms with E-state index in [0.717, 1.165) is 34.8 Å². The number of aromatic amines is 1. The molecule has 2 aromatic carbocycles. The van der Waals surface area contributed by atoms with E-state index in [2.05, 4.69) is 43.1 Å². The quantitative estimate of drug-likeness (QED) is 0.547. The van der Waals surface area contributed by atoms with Gasteiger partial charge in [-0.2, -0.15) is 0 Å². The van der Waals surface area contributed by atoms with Crippen molar-refractivity contribution in [3.05, 3.63) is 86.2 Å². The van der Waals surface area contributed by atoms with Crippen molar-refractivity contribution in [3.8, 4) is 0 Å². The second-order valence-corrected chi connectivity index (χ2v) is 6.21. The van der Waals surface area contributed by atoms with Crippen LogP contribution in [0.25, 0.3) is 17.0 Å². The van der Waals surface area contributed by atoms with Crippen LogP contribution in [0.1, 0.15) is 33.5 Å². The number of nitrogens with one attached hydrogen (secondary N) is 1. The number of aryl methyl sites for hydroxylation is 3. The summed E-state index contributed by atoms with van der Waals surface area (Å²) in [5.41, 5.74) is 7.80. The molecular weight excluding hydrogens is 300 g/mol. The lowest BCUT2D eigenvalue weighted by molar-refractivity contribution is -0.400. The van der Waals surface area contributed by atoms with Crippen LogP contribution in [0.2, 0.25) is 0 Å². The van der Waals surface area contributed by atoms with E-state index in [-0.39, 0.29) is 0 Å². The van der Waals surface area contributed by atoms with E-state index in [0.29, 0.717) is 0 Å². The molecule has 0 bridgehead atoms. The summed E-state index contributed by atoms with van der Waals surface area (Å²) in [6.07, 6.45) is 3.40. The normalized spacial score (nSPS) is 11.5. The first-order valence-corrected chi connectivity index (χ1v) is 7.93. The maximum Gasteiger partial charge on any atom is 0.235 e. The van der Waals surface area contributed by atoms with Gasteiger partial charge in [0.2, 0.25) is 6.20 Å². The number of hydrogen-bond donors (Lipinski definition) is 1. The van der Waals surface area contributed by atoms with Crippen LogP contribution in [-0.2, 0) is 6.42 Å². The van der Waals surface area contributed by atoms with Gasteiger partial charge in [0.25, 0.3) is 0 Å². The van der Waals surface area contributed by atoms with Crippen molar-refractivity contribution in [1.82, 2.24) is 4.98 Å². The Bertz CT molecular complexity index is 952. The van der Waals surface area contributed by atoms with Crippen LogP contribution in [0.4, 0.5) is 0 Å². The Morgan fingerprint density at radius 2 is 1.92 bits per heavy atom. The molecule has 0 aliphatic rings. The largest absolute Gasteiger partial charge is 0.358 e. The highest BCUT2D eigenvalue weighted by atomic mass is 16.6. The summed E-state index contributed by atoms with van der Waals surface area (Å²) in [6, 6.07) is 12.6. The average molecular weight is 320 g/mol. The van der Waals surface area contributed by atoms with Crippen molar-refractivity contribution in [2.24, 2.45) is 0 Å². The van der Waals surface area contributed by atoms with E-state index in [9.17, 15) is 10.1 Å². The molecule has 0 saturated heterocycles. The maximum atomic E-state index is 10.7. The van der Waals surface area contributed by atoms with Gasteiger partial charge in [0.15, 0.2) is 0 Å². The monoisotopic (exact) mass is 320 g/mol. The molecule has 0 unspecified atom stereocenters. The van der Waals surface area contributed by atoms with E-state index in [4.69, 9.17) is 0 Å². The molecule has 1 heterocycles. The van der Waals surface area contributed by atoms with E-state index in [1.165, 1.54) is 22.3 Å². The number of hydrogen-bond acceptors (Lipinski definition) is 2. The molecule has 0 aliphatic carbocycles. The van der Waals surface area contributed by atoms with Crippen molar-refractivity contribution >= 4 is 17.0 Å². The minimum Gasteiger partial charge on any atom is -0.358 e. The van der Waals surface area contributed by atoms with Gasteiger partial charge in [-0.25, -0.2) is 0 Å². The first-order valence-electron chi connectivity index (χ1n) is 7.93. The van der Waals surface area contributed by atoms with Crippen molar-refractivity contribution in [1.29, 1.82) is 0 Å². The van der Waals surface area contributed by atoms with Crippen molar-refractivity contribution in [3.63, 3.8) is 0 Å². The Morgan fingerprint density at radius 1 is 1.12 bits per heavy atom. The Balaban J connectivity index is 2.14. The molecule has 122 valence electrons. The summed E-state index contributed by atoms with van der Waals surface area (Å²) in [6.45, 7) is 6.15. The number of rotatable bonds is 4. The van der Waals surface area contributed by atoms with Gasteiger partial charge in [0.05, 0.1) is 4.92 Å². The number of fused-ring (bicyclic) bond motifs is 1. The van der Waals surface area contributed by atoms with Crippen LogP contribution < -0.4 is 0 Å². The topological polar surface area (TPSA) is 58.9 Å². The molecule has 1 aromatic heterocycles. The Kier molecular flexibility index (Phi) is 4.21. The van der Waals surface area contributed by atoms with Gasteiger partial charge in [0, 0.05) is 28.2 Å². The summed E-state index contributed by atoms with van der Waals surface area (Å²) in [4.78, 5) is 13.6. The van der Waals surface area contributed by atoms with E-state index < -0.39 is 4.92 Å². The number of nitrogens with zero attached hydrogens (tertiary/aromatic N) is 1. The molecule has 4 nitrogen and oxygen atoms in total. The first-order chi connectivity index (χ1) is 11.5. The second-order valence-electron chi connectivity index (χ2n) is 6.21. The number of H-pyrrole nitrogens is 1. The van der Waals surface area contributed by atoms with Gasteiger partial charge < -0.3 is 4.98 Å². The zero-order valence-corrected chi connectivity index (χ0v) is 14.1. The third-order valence-corrected chi connectivity index (χ3v) is 4.39. The summed E-state index contributed by atoms with van der Waals surface area (Å²) >= 11 is 0. The number of benzene rings is 2. The molecule has 24 heavy (non-hydrogen) atoms. The second kappa shape index (κ2) is 6.32. The van der Waals surface area contributed by atoms with Gasteiger partial charge in [-0.05, 0) is 49.9 Å².